The molecule has 1 aromatic carbocycles. The van der Waals surface area contributed by atoms with Gasteiger partial charge in [0.15, 0.2) is 0 Å². The Bertz CT molecular complexity index is 408. The van der Waals surface area contributed by atoms with Crippen molar-refractivity contribution in [3.63, 3.8) is 0 Å². The van der Waals surface area contributed by atoms with E-state index in [1.54, 1.807) is 18.3 Å². The Balaban J connectivity index is 2.47. The highest BCUT2D eigenvalue weighted by Crippen LogP contribution is 2.23. The zero-order valence-electron chi connectivity index (χ0n) is 6.66. The fourth-order valence-electron chi connectivity index (χ4n) is 1.11. The van der Waals surface area contributed by atoms with Crippen molar-refractivity contribution >= 4 is 12.6 Å². The number of halogens is 1. The van der Waals surface area contributed by atoms with Gasteiger partial charge >= 0.3 is 0 Å². The molecule has 2 nitrogen and oxygen atoms in total. The van der Waals surface area contributed by atoms with Gasteiger partial charge in [0.2, 0.25) is 0 Å². The number of thiol groups is 1. The van der Waals surface area contributed by atoms with Crippen LogP contribution in [0.15, 0.2) is 35.4 Å². The summed E-state index contributed by atoms with van der Waals surface area (Å²) in [5.41, 5.74) is 1.69. The average Bonchev–Trinajstić information content (AvgIpc) is 2.53. The maximum atomic E-state index is 12.6. The molecule has 1 N–H and O–H groups in total. The van der Waals surface area contributed by atoms with E-state index in [9.17, 15) is 4.39 Å². The number of aromatic amines is 1. The van der Waals surface area contributed by atoms with Crippen LogP contribution in [0.5, 0.6) is 0 Å². The van der Waals surface area contributed by atoms with Gasteiger partial charge in [0.25, 0.3) is 0 Å². The fourth-order valence-corrected chi connectivity index (χ4v) is 1.35. The zero-order valence-corrected chi connectivity index (χ0v) is 7.55. The van der Waals surface area contributed by atoms with E-state index in [2.05, 4.69) is 22.8 Å². The lowest BCUT2D eigenvalue weighted by atomic mass is 10.1. The fraction of sp³-hybridized carbons (Fsp3) is 0. The molecule has 0 aliphatic rings. The molecule has 4 heteroatoms. The molecule has 0 fully saturated rings. The number of rotatable bonds is 1. The summed E-state index contributed by atoms with van der Waals surface area (Å²) in [6.07, 6.45) is 1.61. The van der Waals surface area contributed by atoms with Crippen LogP contribution in [0.3, 0.4) is 0 Å². The lowest BCUT2D eigenvalue weighted by Gasteiger charge is -1.97. The van der Waals surface area contributed by atoms with Crippen LogP contribution in [0.2, 0.25) is 0 Å². The van der Waals surface area contributed by atoms with Crippen LogP contribution < -0.4 is 0 Å². The lowest BCUT2D eigenvalue weighted by molar-refractivity contribution is 0.628. The number of hydrogen-bond acceptors (Lipinski definition) is 2. The van der Waals surface area contributed by atoms with Gasteiger partial charge in [0, 0.05) is 10.5 Å². The van der Waals surface area contributed by atoms with Gasteiger partial charge in [-0.2, -0.15) is 5.10 Å². The molecule has 0 radical (unpaired) electrons. The van der Waals surface area contributed by atoms with Gasteiger partial charge in [-0.05, 0) is 24.3 Å². The van der Waals surface area contributed by atoms with E-state index in [1.807, 2.05) is 0 Å². The van der Waals surface area contributed by atoms with Crippen molar-refractivity contribution in [2.24, 2.45) is 0 Å². The molecule has 2 rings (SSSR count). The molecule has 66 valence electrons. The van der Waals surface area contributed by atoms with Crippen LogP contribution in [0, 0.1) is 5.82 Å². The molecule has 0 saturated heterocycles. The van der Waals surface area contributed by atoms with Crippen LogP contribution in [0.4, 0.5) is 4.39 Å². The Kier molecular flexibility index (Phi) is 2.06. The molecule has 0 amide bonds. The molecule has 0 saturated carbocycles. The Morgan fingerprint density at radius 3 is 2.46 bits per heavy atom. The molecule has 0 aliphatic heterocycles. The van der Waals surface area contributed by atoms with Gasteiger partial charge < -0.3 is 0 Å². The molecule has 13 heavy (non-hydrogen) atoms. The minimum Gasteiger partial charge on any atom is -0.277 e. The van der Waals surface area contributed by atoms with Crippen molar-refractivity contribution in [3.8, 4) is 11.3 Å². The maximum Gasteiger partial charge on any atom is 0.123 e. The second-order valence-electron chi connectivity index (χ2n) is 2.64. The monoisotopic (exact) mass is 194 g/mol. The van der Waals surface area contributed by atoms with Gasteiger partial charge in [-0.15, -0.1) is 12.6 Å². The molecule has 0 spiro atoms. The Morgan fingerprint density at radius 1 is 1.23 bits per heavy atom. The second kappa shape index (κ2) is 3.22. The minimum atomic E-state index is -0.246. The highest BCUT2D eigenvalue weighted by Gasteiger charge is 2.03. The first-order chi connectivity index (χ1) is 6.27. The van der Waals surface area contributed by atoms with Crippen molar-refractivity contribution < 1.29 is 4.39 Å². The Hall–Kier alpha value is -1.29. The predicted molar refractivity (Wildman–Crippen MR) is 51.2 cm³/mol. The number of nitrogens with one attached hydrogen (secondary N) is 1. The predicted octanol–water partition coefficient (Wildman–Crippen LogP) is 2.50. The summed E-state index contributed by atoms with van der Waals surface area (Å²) in [5.74, 6) is -0.246. The first-order valence-electron chi connectivity index (χ1n) is 3.75. The van der Waals surface area contributed by atoms with E-state index in [-0.39, 0.29) is 5.82 Å². The highest BCUT2D eigenvalue weighted by molar-refractivity contribution is 7.80. The Labute approximate surface area is 80.2 Å². The molecular weight excluding hydrogens is 187 g/mol. The van der Waals surface area contributed by atoms with Crippen LogP contribution in [0.1, 0.15) is 0 Å². The molecule has 0 unspecified atom stereocenters. The van der Waals surface area contributed by atoms with Gasteiger partial charge in [0.05, 0.1) is 11.9 Å². The van der Waals surface area contributed by atoms with Crippen LogP contribution in [0.25, 0.3) is 11.3 Å². The maximum absolute atomic E-state index is 12.6. The number of H-pyrrole nitrogens is 1. The van der Waals surface area contributed by atoms with Crippen molar-refractivity contribution in [1.82, 2.24) is 10.2 Å². The van der Waals surface area contributed by atoms with E-state index >= 15 is 0 Å². The molecule has 1 aromatic heterocycles. The van der Waals surface area contributed by atoms with Crippen molar-refractivity contribution in [2.45, 2.75) is 4.90 Å². The average molecular weight is 194 g/mol. The summed E-state index contributed by atoms with van der Waals surface area (Å²) in [7, 11) is 0. The zero-order chi connectivity index (χ0) is 9.26. The second-order valence-corrected chi connectivity index (χ2v) is 3.12. The van der Waals surface area contributed by atoms with Crippen molar-refractivity contribution in [2.75, 3.05) is 0 Å². The first-order valence-corrected chi connectivity index (χ1v) is 4.20. The summed E-state index contributed by atoms with van der Waals surface area (Å²) in [4.78, 5) is 0.756. The van der Waals surface area contributed by atoms with E-state index in [0.717, 1.165) is 16.2 Å². The molecule has 1 heterocycles. The van der Waals surface area contributed by atoms with E-state index in [4.69, 9.17) is 0 Å². The summed E-state index contributed by atoms with van der Waals surface area (Å²) in [6, 6.07) is 6.18. The quantitative estimate of drug-likeness (QED) is 0.671. The normalized spacial score (nSPS) is 10.3. The first kappa shape index (κ1) is 8.31. The number of hydrogen-bond donors (Lipinski definition) is 2. The molecule has 0 bridgehead atoms. The number of aromatic nitrogens is 2. The van der Waals surface area contributed by atoms with Gasteiger partial charge in [-0.25, -0.2) is 4.39 Å². The topological polar surface area (TPSA) is 28.7 Å². The third kappa shape index (κ3) is 1.58. The minimum absolute atomic E-state index is 0.246. The Morgan fingerprint density at radius 2 is 1.92 bits per heavy atom. The van der Waals surface area contributed by atoms with Crippen LogP contribution >= 0.6 is 12.6 Å². The van der Waals surface area contributed by atoms with E-state index in [0.29, 0.717) is 0 Å². The molecular formula is C9H7FN2S. The van der Waals surface area contributed by atoms with Crippen molar-refractivity contribution in [1.29, 1.82) is 0 Å². The van der Waals surface area contributed by atoms with Crippen molar-refractivity contribution in [3.05, 3.63) is 36.3 Å². The number of nitrogens with zero attached hydrogens (tertiary/aromatic N) is 1. The summed E-state index contributed by atoms with van der Waals surface area (Å²) in [5, 5.41) is 6.62. The van der Waals surface area contributed by atoms with Crippen LogP contribution in [-0.2, 0) is 0 Å². The highest BCUT2D eigenvalue weighted by atomic mass is 32.1. The smallest absolute Gasteiger partial charge is 0.123 e. The lowest BCUT2D eigenvalue weighted by Crippen LogP contribution is -1.80. The third-order valence-corrected chi connectivity index (χ3v) is 2.09. The largest absolute Gasteiger partial charge is 0.277 e. The summed E-state index contributed by atoms with van der Waals surface area (Å²) < 4.78 is 12.6. The molecule has 2 aromatic rings. The molecule has 0 aliphatic carbocycles. The third-order valence-electron chi connectivity index (χ3n) is 1.75. The van der Waals surface area contributed by atoms with Gasteiger partial charge in [-0.1, -0.05) is 0 Å². The van der Waals surface area contributed by atoms with E-state index in [1.165, 1.54) is 12.1 Å². The van der Waals surface area contributed by atoms with Crippen LogP contribution in [-0.4, -0.2) is 10.2 Å². The molecule has 0 atom stereocenters. The standard InChI is InChI=1S/C9H7FN2S/c10-7-3-1-6(2-4-7)9-8(13)5-11-12-9/h1-5,13H,(H,11,12). The van der Waals surface area contributed by atoms with E-state index < -0.39 is 0 Å². The van der Waals surface area contributed by atoms with Gasteiger partial charge in [-0.3, -0.25) is 5.10 Å². The summed E-state index contributed by atoms with van der Waals surface area (Å²) >= 11 is 4.20. The SMILES string of the molecule is Fc1ccc(-c2[nH]ncc2S)cc1. The van der Waals surface area contributed by atoms with Gasteiger partial charge in [0.1, 0.15) is 5.82 Å². The summed E-state index contributed by atoms with van der Waals surface area (Å²) in [6.45, 7) is 0. The number of benzene rings is 1.